The van der Waals surface area contributed by atoms with E-state index in [2.05, 4.69) is 6.92 Å². The monoisotopic (exact) mass is 196 g/mol. The van der Waals surface area contributed by atoms with Crippen molar-refractivity contribution in [3.63, 3.8) is 0 Å². The van der Waals surface area contributed by atoms with Crippen molar-refractivity contribution in [3.8, 4) is 0 Å². The third-order valence-electron chi connectivity index (χ3n) is 3.77. The van der Waals surface area contributed by atoms with Crippen LogP contribution in [-0.2, 0) is 4.79 Å². The van der Waals surface area contributed by atoms with Gasteiger partial charge in [-0.15, -0.1) is 0 Å². The van der Waals surface area contributed by atoms with Crippen molar-refractivity contribution in [2.24, 2.45) is 11.1 Å². The van der Waals surface area contributed by atoms with Gasteiger partial charge in [0.1, 0.15) is 0 Å². The molecule has 1 heterocycles. The van der Waals surface area contributed by atoms with E-state index in [1.54, 1.807) is 6.92 Å². The first-order chi connectivity index (χ1) is 6.54. The minimum Gasteiger partial charge on any atom is -0.339 e. The molecule has 80 valence electrons. The molecule has 3 nitrogen and oxygen atoms in total. The number of nitrogens with zero attached hydrogens (tertiary/aromatic N) is 1. The highest BCUT2D eigenvalue weighted by Gasteiger charge is 2.47. The summed E-state index contributed by atoms with van der Waals surface area (Å²) in [4.78, 5) is 13.7. The number of piperidine rings is 1. The van der Waals surface area contributed by atoms with Crippen LogP contribution < -0.4 is 5.73 Å². The van der Waals surface area contributed by atoms with Crippen LogP contribution in [0.4, 0.5) is 0 Å². The van der Waals surface area contributed by atoms with Crippen molar-refractivity contribution < 1.29 is 4.79 Å². The van der Waals surface area contributed by atoms with Crippen LogP contribution in [0.15, 0.2) is 0 Å². The molecular formula is C11H20N2O. The molecule has 0 aromatic heterocycles. The van der Waals surface area contributed by atoms with Crippen molar-refractivity contribution in [1.29, 1.82) is 0 Å². The van der Waals surface area contributed by atoms with Crippen molar-refractivity contribution in [1.82, 2.24) is 4.90 Å². The highest BCUT2D eigenvalue weighted by molar-refractivity contribution is 5.81. The van der Waals surface area contributed by atoms with E-state index >= 15 is 0 Å². The number of nitrogens with two attached hydrogens (primary N) is 1. The zero-order valence-electron chi connectivity index (χ0n) is 9.12. The lowest BCUT2D eigenvalue weighted by Crippen LogP contribution is -2.50. The highest BCUT2D eigenvalue weighted by atomic mass is 16.2. The van der Waals surface area contributed by atoms with Gasteiger partial charge in [0.2, 0.25) is 5.91 Å². The minimum absolute atomic E-state index is 0.119. The topological polar surface area (TPSA) is 46.3 Å². The summed E-state index contributed by atoms with van der Waals surface area (Å²) >= 11 is 0. The quantitative estimate of drug-likeness (QED) is 0.683. The van der Waals surface area contributed by atoms with E-state index in [9.17, 15) is 4.79 Å². The average molecular weight is 196 g/mol. The Morgan fingerprint density at radius 2 is 2.14 bits per heavy atom. The van der Waals surface area contributed by atoms with Gasteiger partial charge in [-0.2, -0.15) is 0 Å². The zero-order valence-corrected chi connectivity index (χ0v) is 9.12. The minimum atomic E-state index is -0.342. The van der Waals surface area contributed by atoms with Gasteiger partial charge in [0.05, 0.1) is 6.04 Å². The van der Waals surface area contributed by atoms with Gasteiger partial charge in [0, 0.05) is 12.6 Å². The molecule has 0 aromatic carbocycles. The van der Waals surface area contributed by atoms with E-state index in [0.29, 0.717) is 11.5 Å². The van der Waals surface area contributed by atoms with Crippen LogP contribution >= 0.6 is 0 Å². The summed E-state index contributed by atoms with van der Waals surface area (Å²) < 4.78 is 0. The molecule has 1 saturated heterocycles. The fraction of sp³-hybridized carbons (Fsp3) is 0.909. The van der Waals surface area contributed by atoms with E-state index in [4.69, 9.17) is 5.73 Å². The van der Waals surface area contributed by atoms with E-state index < -0.39 is 0 Å². The zero-order chi connectivity index (χ0) is 10.3. The summed E-state index contributed by atoms with van der Waals surface area (Å²) in [7, 11) is 0. The van der Waals surface area contributed by atoms with Crippen molar-refractivity contribution >= 4 is 5.91 Å². The van der Waals surface area contributed by atoms with E-state index in [-0.39, 0.29) is 11.9 Å². The standard InChI is InChI=1S/C11H20N2O/c1-8-7-11(3-4-11)5-6-13(8)10(14)9(2)12/h8-9H,3-7,12H2,1-2H3/t8?,9-/m1/s1. The summed E-state index contributed by atoms with van der Waals surface area (Å²) in [6, 6.07) is 0.0513. The van der Waals surface area contributed by atoms with E-state index in [1.807, 2.05) is 4.90 Å². The van der Waals surface area contributed by atoms with Crippen LogP contribution in [0.25, 0.3) is 0 Å². The molecule has 1 aliphatic heterocycles. The Morgan fingerprint density at radius 1 is 1.50 bits per heavy atom. The third-order valence-corrected chi connectivity index (χ3v) is 3.77. The molecule has 14 heavy (non-hydrogen) atoms. The predicted octanol–water partition coefficient (Wildman–Crippen LogP) is 1.12. The summed E-state index contributed by atoms with van der Waals surface area (Å²) in [5.41, 5.74) is 6.24. The van der Waals surface area contributed by atoms with Crippen LogP contribution in [0.1, 0.15) is 39.5 Å². The Bertz CT molecular complexity index is 246. The number of amides is 1. The average Bonchev–Trinajstić information content (AvgIpc) is 2.84. The maximum atomic E-state index is 11.7. The number of hydrogen-bond acceptors (Lipinski definition) is 2. The Kier molecular flexibility index (Phi) is 2.30. The molecule has 1 aliphatic carbocycles. The van der Waals surface area contributed by atoms with Gasteiger partial charge in [-0.3, -0.25) is 4.79 Å². The lowest BCUT2D eigenvalue weighted by atomic mass is 9.88. The second-order valence-electron chi connectivity index (χ2n) is 5.12. The van der Waals surface area contributed by atoms with E-state index in [0.717, 1.165) is 6.54 Å². The summed E-state index contributed by atoms with van der Waals surface area (Å²) in [6.45, 7) is 4.84. The van der Waals surface area contributed by atoms with Gasteiger partial charge in [-0.25, -0.2) is 0 Å². The molecule has 2 N–H and O–H groups in total. The van der Waals surface area contributed by atoms with Crippen LogP contribution in [0, 0.1) is 5.41 Å². The van der Waals surface area contributed by atoms with Crippen molar-refractivity contribution in [2.75, 3.05) is 6.54 Å². The maximum absolute atomic E-state index is 11.7. The smallest absolute Gasteiger partial charge is 0.239 e. The normalized spacial score (nSPS) is 31.6. The summed E-state index contributed by atoms with van der Waals surface area (Å²) in [6.07, 6.45) is 5.12. The predicted molar refractivity (Wildman–Crippen MR) is 55.7 cm³/mol. The number of carbonyl (C=O) groups excluding carboxylic acids is 1. The molecular weight excluding hydrogens is 176 g/mol. The SMILES string of the molecule is CC1CC2(CCN1C(=O)[C@@H](C)N)CC2. The van der Waals surface area contributed by atoms with Crippen LogP contribution in [-0.4, -0.2) is 29.4 Å². The second-order valence-corrected chi connectivity index (χ2v) is 5.12. The van der Waals surface area contributed by atoms with Gasteiger partial charge in [0.15, 0.2) is 0 Å². The third kappa shape index (κ3) is 1.65. The molecule has 0 aromatic rings. The van der Waals surface area contributed by atoms with Crippen molar-refractivity contribution in [2.45, 2.75) is 51.6 Å². The molecule has 2 atom stereocenters. The Hall–Kier alpha value is -0.570. The van der Waals surface area contributed by atoms with Crippen LogP contribution in [0.3, 0.4) is 0 Å². The van der Waals surface area contributed by atoms with Gasteiger partial charge >= 0.3 is 0 Å². The molecule has 1 saturated carbocycles. The van der Waals surface area contributed by atoms with Gasteiger partial charge < -0.3 is 10.6 Å². The fourth-order valence-electron chi connectivity index (χ4n) is 2.64. The van der Waals surface area contributed by atoms with Gasteiger partial charge in [-0.05, 0) is 44.9 Å². The molecule has 2 aliphatic rings. The molecule has 1 spiro atoms. The maximum Gasteiger partial charge on any atom is 0.239 e. The first kappa shape index (κ1) is 9.97. The number of rotatable bonds is 1. The fourth-order valence-corrected chi connectivity index (χ4v) is 2.64. The van der Waals surface area contributed by atoms with Crippen molar-refractivity contribution in [3.05, 3.63) is 0 Å². The Morgan fingerprint density at radius 3 is 2.57 bits per heavy atom. The Labute approximate surface area is 85.6 Å². The molecule has 2 fully saturated rings. The lowest BCUT2D eigenvalue weighted by molar-refractivity contribution is -0.136. The molecule has 1 amide bonds. The van der Waals surface area contributed by atoms with Crippen LogP contribution in [0.5, 0.6) is 0 Å². The highest BCUT2D eigenvalue weighted by Crippen LogP contribution is 2.55. The Balaban J connectivity index is 1.98. The largest absolute Gasteiger partial charge is 0.339 e. The first-order valence-electron chi connectivity index (χ1n) is 5.60. The number of carbonyl (C=O) groups is 1. The number of hydrogen-bond donors (Lipinski definition) is 1. The second kappa shape index (κ2) is 3.23. The van der Waals surface area contributed by atoms with E-state index in [1.165, 1.54) is 25.7 Å². The lowest BCUT2D eigenvalue weighted by Gasteiger charge is -2.39. The molecule has 0 radical (unpaired) electrons. The molecule has 0 bridgehead atoms. The van der Waals surface area contributed by atoms with Crippen LogP contribution in [0.2, 0.25) is 0 Å². The first-order valence-corrected chi connectivity index (χ1v) is 5.60. The summed E-state index contributed by atoms with van der Waals surface area (Å²) in [5, 5.41) is 0. The molecule has 2 rings (SSSR count). The van der Waals surface area contributed by atoms with Gasteiger partial charge in [-0.1, -0.05) is 0 Å². The molecule has 1 unspecified atom stereocenters. The summed E-state index contributed by atoms with van der Waals surface area (Å²) in [5.74, 6) is 0.119. The van der Waals surface area contributed by atoms with Gasteiger partial charge in [0.25, 0.3) is 0 Å². The molecule has 3 heteroatoms. The number of likely N-dealkylation sites (tertiary alicyclic amines) is 1.